The van der Waals surface area contributed by atoms with Gasteiger partial charge in [0.25, 0.3) is 0 Å². The zero-order chi connectivity index (χ0) is 15.2. The Balaban J connectivity index is 0.00000154. The van der Waals surface area contributed by atoms with Gasteiger partial charge in [0.15, 0.2) is 0 Å². The summed E-state index contributed by atoms with van der Waals surface area (Å²) in [4.78, 5) is 0. The van der Waals surface area contributed by atoms with Gasteiger partial charge >= 0.3 is 0 Å². The van der Waals surface area contributed by atoms with Crippen LogP contribution in [0, 0.1) is 5.92 Å². The average molecular weight is 292 g/mol. The Labute approximate surface area is 123 Å². The van der Waals surface area contributed by atoms with Crippen LogP contribution >= 0.6 is 18.5 Å². The average Bonchev–Trinajstić information content (AvgIpc) is 2.58. The standard InChI is InChI=1S/C15H22P2.C2H4/c1-6-13(17)8-15-11(4)10(3)14(12(15)5)7-9(2)16;1-2/h6-8,12H,1,16-17H2,2-5H3;1-2H2/b9-7+,13-8+;. The van der Waals surface area contributed by atoms with Crippen LogP contribution in [-0.4, -0.2) is 0 Å². The third kappa shape index (κ3) is 4.72. The van der Waals surface area contributed by atoms with Crippen LogP contribution in [-0.2, 0) is 0 Å². The monoisotopic (exact) mass is 292 g/mol. The van der Waals surface area contributed by atoms with Crippen LogP contribution in [0.15, 0.2) is 70.9 Å². The van der Waals surface area contributed by atoms with Gasteiger partial charge in [0.1, 0.15) is 0 Å². The van der Waals surface area contributed by atoms with Crippen molar-refractivity contribution in [3.05, 3.63) is 70.9 Å². The lowest BCUT2D eigenvalue weighted by molar-refractivity contribution is 0.861. The summed E-state index contributed by atoms with van der Waals surface area (Å²) in [6.45, 7) is 18.6. The maximum atomic E-state index is 3.80. The smallest absolute Gasteiger partial charge is 0.00667 e. The molecule has 1 aliphatic carbocycles. The molecule has 2 heteroatoms. The van der Waals surface area contributed by atoms with E-state index in [-0.39, 0.29) is 0 Å². The zero-order valence-electron chi connectivity index (χ0n) is 12.6. The molecule has 19 heavy (non-hydrogen) atoms. The summed E-state index contributed by atoms with van der Waals surface area (Å²) in [5.74, 6) is 0.473. The molecular formula is C17H26P2. The summed E-state index contributed by atoms with van der Waals surface area (Å²) in [6, 6.07) is 0. The molecule has 0 heterocycles. The summed E-state index contributed by atoms with van der Waals surface area (Å²) in [5.41, 5.74) is 5.65. The van der Waals surface area contributed by atoms with E-state index in [1.807, 2.05) is 6.08 Å². The van der Waals surface area contributed by atoms with Gasteiger partial charge in [-0.2, -0.15) is 0 Å². The first-order valence-corrected chi connectivity index (χ1v) is 7.49. The highest BCUT2D eigenvalue weighted by Crippen LogP contribution is 2.39. The van der Waals surface area contributed by atoms with Gasteiger partial charge in [-0.3, -0.25) is 0 Å². The molecule has 0 bridgehead atoms. The first-order valence-electron chi connectivity index (χ1n) is 6.33. The molecule has 0 amide bonds. The highest BCUT2D eigenvalue weighted by atomic mass is 31.0. The largest absolute Gasteiger partial charge is 0.110 e. The minimum Gasteiger partial charge on any atom is -0.110 e. The summed E-state index contributed by atoms with van der Waals surface area (Å²) >= 11 is 0. The Morgan fingerprint density at radius 1 is 1.05 bits per heavy atom. The van der Waals surface area contributed by atoms with E-state index >= 15 is 0 Å². The van der Waals surface area contributed by atoms with Crippen molar-refractivity contribution in [2.24, 2.45) is 5.92 Å². The van der Waals surface area contributed by atoms with Crippen molar-refractivity contribution in [1.82, 2.24) is 0 Å². The van der Waals surface area contributed by atoms with E-state index in [1.54, 1.807) is 0 Å². The van der Waals surface area contributed by atoms with Gasteiger partial charge in [-0.05, 0) is 48.4 Å². The van der Waals surface area contributed by atoms with Crippen molar-refractivity contribution >= 4 is 18.5 Å². The molecule has 0 saturated heterocycles. The maximum Gasteiger partial charge on any atom is 0.00667 e. The van der Waals surface area contributed by atoms with Crippen LogP contribution < -0.4 is 0 Å². The van der Waals surface area contributed by atoms with Crippen LogP contribution in [0.4, 0.5) is 0 Å². The number of hydrogen-bond acceptors (Lipinski definition) is 0. The summed E-state index contributed by atoms with van der Waals surface area (Å²) in [6.07, 6.45) is 6.37. The normalized spacial score (nSPS) is 20.4. The fourth-order valence-electron chi connectivity index (χ4n) is 2.20. The lowest BCUT2D eigenvalue weighted by Crippen LogP contribution is -1.96. The van der Waals surface area contributed by atoms with Gasteiger partial charge in [0.05, 0.1) is 0 Å². The quantitative estimate of drug-likeness (QED) is 0.350. The zero-order valence-corrected chi connectivity index (χ0v) is 14.9. The van der Waals surface area contributed by atoms with Crippen molar-refractivity contribution in [3.8, 4) is 0 Å². The van der Waals surface area contributed by atoms with Gasteiger partial charge < -0.3 is 0 Å². The summed E-state index contributed by atoms with van der Waals surface area (Å²) < 4.78 is 0. The van der Waals surface area contributed by atoms with E-state index in [2.05, 4.69) is 78.1 Å². The van der Waals surface area contributed by atoms with Gasteiger partial charge in [0, 0.05) is 5.92 Å². The highest BCUT2D eigenvalue weighted by molar-refractivity contribution is 7.23. The second-order valence-electron chi connectivity index (χ2n) is 4.62. The molecule has 0 spiro atoms. The Kier molecular flexibility index (Phi) is 8.15. The maximum absolute atomic E-state index is 3.80. The van der Waals surface area contributed by atoms with Gasteiger partial charge in [-0.25, -0.2) is 0 Å². The minimum absolute atomic E-state index is 0.473. The van der Waals surface area contributed by atoms with Gasteiger partial charge in [-0.1, -0.05) is 37.0 Å². The number of rotatable bonds is 3. The van der Waals surface area contributed by atoms with E-state index in [1.165, 1.54) is 27.6 Å². The highest BCUT2D eigenvalue weighted by Gasteiger charge is 2.23. The SMILES string of the molecule is C=C.C=C/C(P)=C\C1=C(C)C(C)=C(/C=C(\C)P)C1C. The molecular weight excluding hydrogens is 266 g/mol. The predicted molar refractivity (Wildman–Crippen MR) is 97.3 cm³/mol. The lowest BCUT2D eigenvalue weighted by Gasteiger charge is -2.10. The molecule has 104 valence electrons. The lowest BCUT2D eigenvalue weighted by atomic mass is 9.96. The first kappa shape index (κ1) is 18.3. The van der Waals surface area contributed by atoms with Crippen molar-refractivity contribution in [1.29, 1.82) is 0 Å². The van der Waals surface area contributed by atoms with E-state index in [9.17, 15) is 0 Å². The molecule has 1 rings (SSSR count). The summed E-state index contributed by atoms with van der Waals surface area (Å²) in [7, 11) is 5.48. The van der Waals surface area contributed by atoms with Crippen molar-refractivity contribution in [3.63, 3.8) is 0 Å². The Morgan fingerprint density at radius 2 is 1.47 bits per heavy atom. The molecule has 3 atom stereocenters. The second kappa shape index (κ2) is 8.47. The third-order valence-electron chi connectivity index (χ3n) is 3.30. The second-order valence-corrected chi connectivity index (χ2v) is 6.20. The number of allylic oxidation sites excluding steroid dienone is 9. The van der Waals surface area contributed by atoms with Crippen molar-refractivity contribution < 1.29 is 0 Å². The molecule has 0 fully saturated rings. The van der Waals surface area contributed by atoms with Crippen molar-refractivity contribution in [2.45, 2.75) is 27.7 Å². The van der Waals surface area contributed by atoms with Gasteiger partial charge in [0.2, 0.25) is 0 Å². The molecule has 0 aromatic heterocycles. The Bertz CT molecular complexity index is 469. The van der Waals surface area contributed by atoms with E-state index in [4.69, 9.17) is 0 Å². The van der Waals surface area contributed by atoms with E-state index < -0.39 is 0 Å². The van der Waals surface area contributed by atoms with E-state index in [0.717, 1.165) is 5.31 Å². The fraction of sp³-hybridized carbons (Fsp3) is 0.294. The van der Waals surface area contributed by atoms with E-state index in [0.29, 0.717) is 5.92 Å². The molecule has 0 saturated carbocycles. The van der Waals surface area contributed by atoms with Crippen molar-refractivity contribution in [2.75, 3.05) is 0 Å². The van der Waals surface area contributed by atoms with Crippen LogP contribution in [0.2, 0.25) is 0 Å². The predicted octanol–water partition coefficient (Wildman–Crippen LogP) is 5.80. The first-order chi connectivity index (χ1) is 8.88. The number of hydrogen-bond donors (Lipinski definition) is 0. The van der Waals surface area contributed by atoms with Crippen LogP contribution in [0.1, 0.15) is 27.7 Å². The molecule has 0 aromatic carbocycles. The molecule has 0 radical (unpaired) electrons. The van der Waals surface area contributed by atoms with Crippen LogP contribution in [0.5, 0.6) is 0 Å². The van der Waals surface area contributed by atoms with Gasteiger partial charge in [-0.15, -0.1) is 31.6 Å². The summed E-state index contributed by atoms with van der Waals surface area (Å²) in [5, 5.41) is 2.42. The van der Waals surface area contributed by atoms with Crippen LogP contribution in [0.25, 0.3) is 0 Å². The fourth-order valence-corrected chi connectivity index (χ4v) is 2.56. The molecule has 3 unspecified atom stereocenters. The van der Waals surface area contributed by atoms with Crippen LogP contribution in [0.3, 0.4) is 0 Å². The topological polar surface area (TPSA) is 0 Å². The molecule has 0 nitrogen and oxygen atoms in total. The molecule has 0 aliphatic heterocycles. The minimum atomic E-state index is 0.473. The molecule has 0 aromatic rings. The Morgan fingerprint density at radius 3 is 1.84 bits per heavy atom. The Hall–Kier alpha value is -0.700. The third-order valence-corrected chi connectivity index (χ3v) is 3.87. The molecule has 1 aliphatic rings. The molecule has 0 N–H and O–H groups in total.